The van der Waals surface area contributed by atoms with Gasteiger partial charge in [0.2, 0.25) is 11.8 Å². The molecule has 1 N–H and O–H groups in total. The molecule has 3 amide bonds. The fourth-order valence-electron chi connectivity index (χ4n) is 4.15. The largest absolute Gasteiger partial charge is 0.428 e. The van der Waals surface area contributed by atoms with Gasteiger partial charge in [-0.1, -0.05) is 24.8 Å². The van der Waals surface area contributed by atoms with Crippen LogP contribution in [-0.4, -0.2) is 59.1 Å². The summed E-state index contributed by atoms with van der Waals surface area (Å²) in [5, 5.41) is 2.49. The molecule has 3 fully saturated rings. The summed E-state index contributed by atoms with van der Waals surface area (Å²) in [7, 11) is 0. The van der Waals surface area contributed by atoms with E-state index in [4.69, 9.17) is 4.74 Å². The zero-order valence-electron chi connectivity index (χ0n) is 16.0. The van der Waals surface area contributed by atoms with Crippen molar-refractivity contribution in [2.24, 2.45) is 0 Å². The van der Waals surface area contributed by atoms with Gasteiger partial charge in [0.1, 0.15) is 0 Å². The Hall–Kier alpha value is -2.41. The molecule has 0 bridgehead atoms. The summed E-state index contributed by atoms with van der Waals surface area (Å²) in [6.45, 7) is 8.36. The van der Waals surface area contributed by atoms with Gasteiger partial charge in [-0.2, -0.15) is 0 Å². The summed E-state index contributed by atoms with van der Waals surface area (Å²) < 4.78 is 5.02. The van der Waals surface area contributed by atoms with Crippen LogP contribution in [0.1, 0.15) is 39.5 Å². The van der Waals surface area contributed by atoms with Gasteiger partial charge in [0.15, 0.2) is 6.73 Å². The highest BCUT2D eigenvalue weighted by Crippen LogP contribution is 2.56. The monoisotopic (exact) mass is 373 g/mol. The van der Waals surface area contributed by atoms with Gasteiger partial charge in [0.05, 0.1) is 6.04 Å². The van der Waals surface area contributed by atoms with Crippen LogP contribution >= 0.6 is 0 Å². The molecular formula is C20H27N3O4. The lowest BCUT2D eigenvalue weighted by Gasteiger charge is -2.38. The van der Waals surface area contributed by atoms with E-state index in [9.17, 15) is 14.4 Å². The number of piperidine rings is 1. The Labute approximate surface area is 159 Å². The van der Waals surface area contributed by atoms with E-state index in [-0.39, 0.29) is 36.5 Å². The Morgan fingerprint density at radius 3 is 2.74 bits per heavy atom. The first-order valence-corrected chi connectivity index (χ1v) is 9.48. The zero-order chi connectivity index (χ0) is 19.6. The molecule has 2 aliphatic heterocycles. The SMILES string of the molecule is C=C/C=C1\C(=C/C)CN(C2CCC(=O)N(COC(=O)NCC)C2=O)C12CC2. The van der Waals surface area contributed by atoms with Crippen molar-refractivity contribution in [3.05, 3.63) is 36.0 Å². The molecule has 0 radical (unpaired) electrons. The maximum Gasteiger partial charge on any atom is 0.408 e. The van der Waals surface area contributed by atoms with Gasteiger partial charge >= 0.3 is 6.09 Å². The van der Waals surface area contributed by atoms with Gasteiger partial charge in [-0.25, -0.2) is 9.69 Å². The molecule has 7 nitrogen and oxygen atoms in total. The zero-order valence-corrected chi connectivity index (χ0v) is 16.0. The topological polar surface area (TPSA) is 79.0 Å². The third-order valence-electron chi connectivity index (χ3n) is 5.60. The van der Waals surface area contributed by atoms with Crippen LogP contribution in [0.4, 0.5) is 4.79 Å². The molecule has 146 valence electrons. The highest BCUT2D eigenvalue weighted by Gasteiger charge is 2.59. The van der Waals surface area contributed by atoms with Crippen LogP contribution in [0.3, 0.4) is 0 Å². The fourth-order valence-corrected chi connectivity index (χ4v) is 4.15. The van der Waals surface area contributed by atoms with Crippen molar-refractivity contribution in [3.8, 4) is 0 Å². The van der Waals surface area contributed by atoms with Gasteiger partial charge in [-0.05, 0) is 44.3 Å². The summed E-state index contributed by atoms with van der Waals surface area (Å²) in [6.07, 6.45) is 8.05. The number of nitrogens with zero attached hydrogens (tertiary/aromatic N) is 2. The van der Waals surface area contributed by atoms with Gasteiger partial charge in [0, 0.05) is 25.0 Å². The Balaban J connectivity index is 1.78. The van der Waals surface area contributed by atoms with E-state index < -0.39 is 6.09 Å². The second-order valence-corrected chi connectivity index (χ2v) is 7.10. The molecule has 27 heavy (non-hydrogen) atoms. The van der Waals surface area contributed by atoms with Crippen molar-refractivity contribution in [2.75, 3.05) is 19.8 Å². The molecule has 2 heterocycles. The van der Waals surface area contributed by atoms with E-state index in [0.29, 0.717) is 19.5 Å². The minimum atomic E-state index is -0.632. The lowest BCUT2D eigenvalue weighted by atomic mass is 9.98. The summed E-state index contributed by atoms with van der Waals surface area (Å²) in [5.41, 5.74) is 2.32. The predicted octanol–water partition coefficient (Wildman–Crippen LogP) is 2.11. The van der Waals surface area contributed by atoms with Gasteiger partial charge in [0.25, 0.3) is 0 Å². The van der Waals surface area contributed by atoms with Crippen molar-refractivity contribution in [3.63, 3.8) is 0 Å². The standard InChI is InChI=1S/C20H27N3O4/c1-4-7-15-14(5-2)12-23(20(15)10-11-20)16-8-9-17(24)22(18(16)25)13-27-19(26)21-6-3/h4-5,7,16H,1,6,8-13H2,2-3H3,(H,21,26)/b14-5-,15-7+. The smallest absolute Gasteiger partial charge is 0.408 e. The van der Waals surface area contributed by atoms with Crippen LogP contribution in [0.15, 0.2) is 36.0 Å². The number of allylic oxidation sites excluding steroid dienone is 3. The van der Waals surface area contributed by atoms with E-state index in [1.54, 1.807) is 13.0 Å². The van der Waals surface area contributed by atoms with Gasteiger partial charge in [-0.15, -0.1) is 0 Å². The summed E-state index contributed by atoms with van der Waals surface area (Å²) in [5.74, 6) is -0.574. The predicted molar refractivity (Wildman–Crippen MR) is 101 cm³/mol. The van der Waals surface area contributed by atoms with Crippen molar-refractivity contribution >= 4 is 17.9 Å². The average Bonchev–Trinajstić information content (AvgIpc) is 3.37. The molecule has 0 aromatic carbocycles. The first-order valence-electron chi connectivity index (χ1n) is 9.48. The molecule has 1 unspecified atom stereocenters. The number of likely N-dealkylation sites (tertiary alicyclic amines) is 2. The van der Waals surface area contributed by atoms with E-state index in [0.717, 1.165) is 17.7 Å². The number of carbonyl (C=O) groups excluding carboxylic acids is 3. The molecular weight excluding hydrogens is 346 g/mol. The third kappa shape index (κ3) is 3.43. The number of hydrogen-bond donors (Lipinski definition) is 1. The van der Waals surface area contributed by atoms with Crippen molar-refractivity contribution < 1.29 is 19.1 Å². The molecule has 7 heteroatoms. The van der Waals surface area contributed by atoms with E-state index in [1.165, 1.54) is 11.1 Å². The number of alkyl carbamates (subject to hydrolysis) is 1. The van der Waals surface area contributed by atoms with Crippen LogP contribution in [0, 0.1) is 0 Å². The Bertz CT molecular complexity index is 721. The molecule has 1 spiro atoms. The minimum absolute atomic E-state index is 0.122. The molecule has 0 aromatic rings. The number of nitrogens with one attached hydrogen (secondary N) is 1. The molecule has 2 saturated heterocycles. The highest BCUT2D eigenvalue weighted by molar-refractivity contribution is 6.00. The number of hydrogen-bond acceptors (Lipinski definition) is 5. The van der Waals surface area contributed by atoms with E-state index in [2.05, 4.69) is 22.9 Å². The lowest BCUT2D eigenvalue weighted by molar-refractivity contribution is -0.157. The average molecular weight is 373 g/mol. The highest BCUT2D eigenvalue weighted by atomic mass is 16.6. The van der Waals surface area contributed by atoms with Crippen molar-refractivity contribution in [2.45, 2.75) is 51.1 Å². The molecule has 3 rings (SSSR count). The summed E-state index contributed by atoms with van der Waals surface area (Å²) >= 11 is 0. The lowest BCUT2D eigenvalue weighted by Crippen LogP contribution is -2.57. The molecule has 1 aliphatic carbocycles. The Kier molecular flexibility index (Phi) is 5.51. The molecule has 1 saturated carbocycles. The van der Waals surface area contributed by atoms with Crippen molar-refractivity contribution in [1.29, 1.82) is 0 Å². The van der Waals surface area contributed by atoms with E-state index in [1.807, 2.05) is 13.0 Å². The number of rotatable bonds is 5. The number of ether oxygens (including phenoxy) is 1. The van der Waals surface area contributed by atoms with E-state index >= 15 is 0 Å². The normalized spacial score (nSPS) is 27.5. The number of imide groups is 1. The summed E-state index contributed by atoms with van der Waals surface area (Å²) in [6, 6.07) is -0.381. The van der Waals surface area contributed by atoms with Crippen LogP contribution < -0.4 is 5.32 Å². The van der Waals surface area contributed by atoms with Crippen LogP contribution in [-0.2, 0) is 14.3 Å². The molecule has 3 aliphatic rings. The van der Waals surface area contributed by atoms with Crippen LogP contribution in [0.5, 0.6) is 0 Å². The van der Waals surface area contributed by atoms with Gasteiger partial charge in [-0.3, -0.25) is 14.5 Å². The quantitative estimate of drug-likeness (QED) is 0.747. The second-order valence-electron chi connectivity index (χ2n) is 7.10. The molecule has 0 aromatic heterocycles. The maximum atomic E-state index is 13.1. The van der Waals surface area contributed by atoms with Crippen molar-refractivity contribution in [1.82, 2.24) is 15.1 Å². The third-order valence-corrected chi connectivity index (χ3v) is 5.60. The molecule has 1 atom stereocenters. The maximum absolute atomic E-state index is 13.1. The number of amides is 3. The van der Waals surface area contributed by atoms with Gasteiger partial charge < -0.3 is 10.1 Å². The summed E-state index contributed by atoms with van der Waals surface area (Å²) in [4.78, 5) is 40.1. The number of carbonyl (C=O) groups is 3. The van der Waals surface area contributed by atoms with Crippen LogP contribution in [0.25, 0.3) is 0 Å². The fraction of sp³-hybridized carbons (Fsp3) is 0.550. The Morgan fingerprint density at radius 1 is 1.41 bits per heavy atom. The second kappa shape index (κ2) is 7.68. The van der Waals surface area contributed by atoms with Crippen LogP contribution in [0.2, 0.25) is 0 Å². The first-order chi connectivity index (χ1) is 13.0. The first kappa shape index (κ1) is 19.4. The minimum Gasteiger partial charge on any atom is -0.428 e. The Morgan fingerprint density at radius 2 is 2.15 bits per heavy atom.